The molecule has 3 rings (SSSR count). The fraction of sp³-hybridized carbons (Fsp3) is 0.500. The molecule has 7 nitrogen and oxygen atoms in total. The molecule has 1 atom stereocenters. The Morgan fingerprint density at radius 3 is 2.57 bits per heavy atom. The fourth-order valence-electron chi connectivity index (χ4n) is 2.35. The molecule has 2 aromatic heterocycles. The Morgan fingerprint density at radius 1 is 1.24 bits per heavy atom. The van der Waals surface area contributed by atoms with E-state index in [9.17, 15) is 0 Å². The summed E-state index contributed by atoms with van der Waals surface area (Å²) in [5.41, 5.74) is 2.11. The van der Waals surface area contributed by atoms with E-state index in [2.05, 4.69) is 20.0 Å². The van der Waals surface area contributed by atoms with Crippen molar-refractivity contribution in [3.63, 3.8) is 0 Å². The first-order valence-corrected chi connectivity index (χ1v) is 6.99. The molecule has 3 heterocycles. The van der Waals surface area contributed by atoms with Gasteiger partial charge in [0.25, 0.3) is 0 Å². The summed E-state index contributed by atoms with van der Waals surface area (Å²) in [7, 11) is 1.92. The molecule has 1 aliphatic heterocycles. The van der Waals surface area contributed by atoms with Crippen LogP contribution in [0.3, 0.4) is 0 Å². The number of nitrogens with zero attached hydrogens (tertiary/aromatic N) is 5. The first-order valence-electron chi connectivity index (χ1n) is 6.99. The molecule has 0 aromatic carbocycles. The molecule has 2 aromatic rings. The molecule has 0 N–H and O–H groups in total. The van der Waals surface area contributed by atoms with Gasteiger partial charge in [-0.3, -0.25) is 9.58 Å². The van der Waals surface area contributed by atoms with E-state index in [1.807, 2.05) is 24.9 Å². The summed E-state index contributed by atoms with van der Waals surface area (Å²) >= 11 is 0. The summed E-state index contributed by atoms with van der Waals surface area (Å²) in [5, 5.41) is 4.31. The van der Waals surface area contributed by atoms with E-state index in [1.165, 1.54) is 0 Å². The van der Waals surface area contributed by atoms with Gasteiger partial charge in [0, 0.05) is 43.8 Å². The minimum atomic E-state index is -0.245. The van der Waals surface area contributed by atoms with Crippen molar-refractivity contribution in [2.75, 3.05) is 26.3 Å². The molecule has 1 fully saturated rings. The van der Waals surface area contributed by atoms with Crippen molar-refractivity contribution in [2.24, 2.45) is 7.05 Å². The van der Waals surface area contributed by atoms with Crippen LogP contribution < -0.4 is 4.74 Å². The van der Waals surface area contributed by atoms with E-state index in [4.69, 9.17) is 9.47 Å². The van der Waals surface area contributed by atoms with Gasteiger partial charge < -0.3 is 9.47 Å². The Labute approximate surface area is 123 Å². The van der Waals surface area contributed by atoms with Gasteiger partial charge in [0.05, 0.1) is 19.4 Å². The highest BCUT2D eigenvalue weighted by Gasteiger charge is 2.28. The van der Waals surface area contributed by atoms with E-state index in [1.54, 1.807) is 18.5 Å². The lowest BCUT2D eigenvalue weighted by molar-refractivity contribution is -0.0512. The van der Waals surface area contributed by atoms with E-state index in [0.29, 0.717) is 19.2 Å². The van der Waals surface area contributed by atoms with Crippen molar-refractivity contribution >= 4 is 0 Å². The van der Waals surface area contributed by atoms with Crippen LogP contribution in [-0.4, -0.2) is 51.0 Å². The minimum absolute atomic E-state index is 0.245. The summed E-state index contributed by atoms with van der Waals surface area (Å²) in [5.74, 6) is 0. The Hall–Kier alpha value is -1.99. The molecule has 1 unspecified atom stereocenters. The summed E-state index contributed by atoms with van der Waals surface area (Å²) in [6, 6.07) is 2.14. The smallest absolute Gasteiger partial charge is 0.318 e. The van der Waals surface area contributed by atoms with Crippen LogP contribution in [0.2, 0.25) is 0 Å². The third-order valence-corrected chi connectivity index (χ3v) is 3.68. The maximum Gasteiger partial charge on any atom is 0.318 e. The van der Waals surface area contributed by atoms with E-state index < -0.39 is 0 Å². The lowest BCUT2D eigenvalue weighted by Crippen LogP contribution is -2.41. The van der Waals surface area contributed by atoms with Crippen molar-refractivity contribution < 1.29 is 9.47 Å². The molecule has 0 amide bonds. The van der Waals surface area contributed by atoms with Gasteiger partial charge >= 0.3 is 6.01 Å². The molecular formula is C14H19N5O2. The average molecular weight is 289 g/mol. The second kappa shape index (κ2) is 6.19. The third kappa shape index (κ3) is 3.03. The van der Waals surface area contributed by atoms with Gasteiger partial charge in [-0.2, -0.15) is 5.10 Å². The third-order valence-electron chi connectivity index (χ3n) is 3.68. The highest BCUT2D eigenvalue weighted by molar-refractivity contribution is 5.20. The van der Waals surface area contributed by atoms with E-state index >= 15 is 0 Å². The van der Waals surface area contributed by atoms with Crippen LogP contribution in [0.25, 0.3) is 0 Å². The minimum Gasteiger partial charge on any atom is -0.440 e. The van der Waals surface area contributed by atoms with E-state index in [0.717, 1.165) is 24.3 Å². The van der Waals surface area contributed by atoms with Crippen LogP contribution >= 0.6 is 0 Å². The second-order valence-electron chi connectivity index (χ2n) is 4.96. The average Bonchev–Trinajstić information content (AvgIpc) is 2.87. The van der Waals surface area contributed by atoms with Gasteiger partial charge in [-0.05, 0) is 13.0 Å². The van der Waals surface area contributed by atoms with Gasteiger partial charge in [-0.25, -0.2) is 9.97 Å². The summed E-state index contributed by atoms with van der Waals surface area (Å²) < 4.78 is 13.3. The van der Waals surface area contributed by atoms with Crippen molar-refractivity contribution in [3.05, 3.63) is 35.9 Å². The largest absolute Gasteiger partial charge is 0.440 e. The standard InChI is InChI=1S/C14H19N5O2/c1-11-12(10-17-18(11)2)13(19-6-8-20-9-7-19)21-14-15-4-3-5-16-14/h3-5,10,13H,6-9H2,1-2H3. The molecular weight excluding hydrogens is 270 g/mol. The number of aromatic nitrogens is 4. The number of hydrogen-bond acceptors (Lipinski definition) is 6. The number of morpholine rings is 1. The molecule has 0 bridgehead atoms. The van der Waals surface area contributed by atoms with Gasteiger partial charge in [-0.15, -0.1) is 0 Å². The van der Waals surface area contributed by atoms with Crippen molar-refractivity contribution in [1.29, 1.82) is 0 Å². The molecule has 0 saturated carbocycles. The summed E-state index contributed by atoms with van der Waals surface area (Å²) in [6.07, 6.45) is 4.95. The molecule has 112 valence electrons. The maximum absolute atomic E-state index is 6.03. The van der Waals surface area contributed by atoms with Crippen LogP contribution in [0, 0.1) is 6.92 Å². The maximum atomic E-state index is 6.03. The predicted octanol–water partition coefficient (Wildman–Crippen LogP) is 0.928. The van der Waals surface area contributed by atoms with Crippen LogP contribution in [0.5, 0.6) is 6.01 Å². The van der Waals surface area contributed by atoms with Crippen molar-refractivity contribution in [3.8, 4) is 6.01 Å². The highest BCUT2D eigenvalue weighted by Crippen LogP contribution is 2.26. The number of rotatable bonds is 4. The molecule has 0 spiro atoms. The highest BCUT2D eigenvalue weighted by atomic mass is 16.5. The van der Waals surface area contributed by atoms with Gasteiger partial charge in [-0.1, -0.05) is 0 Å². The first kappa shape index (κ1) is 14.0. The second-order valence-corrected chi connectivity index (χ2v) is 4.96. The summed E-state index contributed by atoms with van der Waals surface area (Å²) in [6.45, 7) is 5.06. The molecule has 21 heavy (non-hydrogen) atoms. The quantitative estimate of drug-likeness (QED) is 0.834. The molecule has 0 radical (unpaired) electrons. The zero-order valence-corrected chi connectivity index (χ0v) is 12.3. The number of aryl methyl sites for hydroxylation is 1. The Morgan fingerprint density at radius 2 is 1.95 bits per heavy atom. The Balaban J connectivity index is 1.88. The normalized spacial score (nSPS) is 17.6. The molecule has 0 aliphatic carbocycles. The summed E-state index contributed by atoms with van der Waals surface area (Å²) in [4.78, 5) is 10.5. The van der Waals surface area contributed by atoms with Crippen LogP contribution in [0.15, 0.2) is 24.7 Å². The molecule has 7 heteroatoms. The zero-order valence-electron chi connectivity index (χ0n) is 12.3. The van der Waals surface area contributed by atoms with Crippen LogP contribution in [0.1, 0.15) is 17.5 Å². The SMILES string of the molecule is Cc1c(C(Oc2ncccn2)N2CCOCC2)cnn1C. The lowest BCUT2D eigenvalue weighted by Gasteiger charge is -2.33. The lowest BCUT2D eigenvalue weighted by atomic mass is 10.2. The van der Waals surface area contributed by atoms with Gasteiger partial charge in [0.2, 0.25) is 0 Å². The zero-order chi connectivity index (χ0) is 14.7. The van der Waals surface area contributed by atoms with Gasteiger partial charge in [0.1, 0.15) is 0 Å². The van der Waals surface area contributed by atoms with Crippen LogP contribution in [-0.2, 0) is 11.8 Å². The van der Waals surface area contributed by atoms with Gasteiger partial charge in [0.15, 0.2) is 6.23 Å². The molecule has 1 aliphatic rings. The van der Waals surface area contributed by atoms with Crippen LogP contribution in [0.4, 0.5) is 0 Å². The van der Waals surface area contributed by atoms with E-state index in [-0.39, 0.29) is 6.23 Å². The topological polar surface area (TPSA) is 65.3 Å². The monoisotopic (exact) mass is 289 g/mol. The fourth-order valence-corrected chi connectivity index (χ4v) is 2.35. The van der Waals surface area contributed by atoms with Crippen molar-refractivity contribution in [1.82, 2.24) is 24.6 Å². The predicted molar refractivity (Wildman–Crippen MR) is 75.7 cm³/mol. The first-order chi connectivity index (χ1) is 10.3. The Bertz CT molecular complexity index is 580. The Kier molecular flexibility index (Phi) is 4.12. The van der Waals surface area contributed by atoms with Crippen molar-refractivity contribution in [2.45, 2.75) is 13.2 Å². The number of hydrogen-bond donors (Lipinski definition) is 0. The number of ether oxygens (including phenoxy) is 2. The molecule has 1 saturated heterocycles.